The molecule has 1 amide bonds. The molecule has 1 aromatic rings. The third-order valence-electron chi connectivity index (χ3n) is 3.86. The summed E-state index contributed by atoms with van der Waals surface area (Å²) in [4.78, 5) is 12.2. The summed E-state index contributed by atoms with van der Waals surface area (Å²) in [5.74, 6) is 0.311. The van der Waals surface area contributed by atoms with Crippen LogP contribution < -0.4 is 11.1 Å². The van der Waals surface area contributed by atoms with Gasteiger partial charge < -0.3 is 15.8 Å². The first kappa shape index (κ1) is 12.1. The van der Waals surface area contributed by atoms with E-state index in [2.05, 4.69) is 21.2 Å². The highest BCUT2D eigenvalue weighted by Crippen LogP contribution is 2.37. The largest absolute Gasteiger partial charge is 0.376 e. The highest BCUT2D eigenvalue weighted by Gasteiger charge is 2.52. The second-order valence-electron chi connectivity index (χ2n) is 4.84. The normalized spacial score (nSPS) is 33.7. The van der Waals surface area contributed by atoms with Crippen molar-refractivity contribution >= 4 is 21.8 Å². The van der Waals surface area contributed by atoms with Crippen LogP contribution in [0.2, 0.25) is 0 Å². The summed E-state index contributed by atoms with van der Waals surface area (Å²) in [6, 6.07) is 7.32. The topological polar surface area (TPSA) is 64.3 Å². The van der Waals surface area contributed by atoms with Crippen molar-refractivity contribution in [2.45, 2.75) is 24.6 Å². The molecular formula is C13H15BrN2O2. The number of fused-ring (bicyclic) bond motifs is 1. The number of benzene rings is 1. The number of carbonyl (C=O) groups excluding carboxylic acids is 1. The minimum atomic E-state index is -0.100. The van der Waals surface area contributed by atoms with E-state index in [1.165, 1.54) is 0 Å². The molecule has 3 rings (SSSR count). The Bertz CT molecular complexity index is 480. The van der Waals surface area contributed by atoms with Gasteiger partial charge in [-0.2, -0.15) is 0 Å². The van der Waals surface area contributed by atoms with Crippen LogP contribution in [0.1, 0.15) is 16.8 Å². The standard InChI is InChI=1S/C13H15BrN2O2/c14-9-4-2-1-3-7(9)13(17)16-11-10(15)8-5-6-18-12(8)11/h1-4,8,10-12H,5-6,15H2,(H,16,17). The fraction of sp³-hybridized carbons (Fsp3) is 0.462. The number of hydrogen-bond donors (Lipinski definition) is 2. The molecule has 1 aromatic carbocycles. The summed E-state index contributed by atoms with van der Waals surface area (Å²) < 4.78 is 6.39. The van der Waals surface area contributed by atoms with Crippen molar-refractivity contribution in [3.63, 3.8) is 0 Å². The van der Waals surface area contributed by atoms with Crippen LogP contribution in [-0.4, -0.2) is 30.7 Å². The van der Waals surface area contributed by atoms with Crippen molar-refractivity contribution in [2.75, 3.05) is 6.61 Å². The first-order valence-electron chi connectivity index (χ1n) is 6.11. The second-order valence-corrected chi connectivity index (χ2v) is 5.70. The molecule has 0 aromatic heterocycles. The third kappa shape index (κ3) is 1.86. The number of rotatable bonds is 2. The fourth-order valence-electron chi connectivity index (χ4n) is 2.80. The number of nitrogens with two attached hydrogens (primary N) is 1. The van der Waals surface area contributed by atoms with Gasteiger partial charge in [0.1, 0.15) is 0 Å². The summed E-state index contributed by atoms with van der Waals surface area (Å²) in [7, 11) is 0. The highest BCUT2D eigenvalue weighted by molar-refractivity contribution is 9.10. The molecule has 4 nitrogen and oxygen atoms in total. The number of amides is 1. The van der Waals surface area contributed by atoms with Crippen LogP contribution in [-0.2, 0) is 4.74 Å². The number of ether oxygens (including phenoxy) is 1. The van der Waals surface area contributed by atoms with Gasteiger partial charge in [0.25, 0.3) is 5.91 Å². The van der Waals surface area contributed by atoms with Crippen LogP contribution in [0.25, 0.3) is 0 Å². The van der Waals surface area contributed by atoms with Gasteiger partial charge in [-0.25, -0.2) is 0 Å². The lowest BCUT2D eigenvalue weighted by Gasteiger charge is -2.45. The van der Waals surface area contributed by atoms with E-state index in [1.807, 2.05) is 18.2 Å². The van der Waals surface area contributed by atoms with E-state index in [0.717, 1.165) is 17.5 Å². The lowest BCUT2D eigenvalue weighted by molar-refractivity contribution is -0.0161. The van der Waals surface area contributed by atoms with E-state index >= 15 is 0 Å². The lowest BCUT2D eigenvalue weighted by Crippen LogP contribution is -2.68. The lowest BCUT2D eigenvalue weighted by atomic mass is 9.72. The zero-order chi connectivity index (χ0) is 12.7. The van der Waals surface area contributed by atoms with E-state index in [1.54, 1.807) is 6.07 Å². The summed E-state index contributed by atoms with van der Waals surface area (Å²) in [5, 5.41) is 2.98. The Morgan fingerprint density at radius 3 is 3.00 bits per heavy atom. The Balaban J connectivity index is 1.70. The van der Waals surface area contributed by atoms with Gasteiger partial charge >= 0.3 is 0 Å². The van der Waals surface area contributed by atoms with Crippen molar-refractivity contribution in [1.82, 2.24) is 5.32 Å². The molecule has 1 aliphatic carbocycles. The molecule has 4 unspecified atom stereocenters. The van der Waals surface area contributed by atoms with E-state index in [0.29, 0.717) is 11.5 Å². The molecule has 3 N–H and O–H groups in total. The SMILES string of the molecule is NC1C2CCOC2C1NC(=O)c1ccccc1Br. The monoisotopic (exact) mass is 310 g/mol. The molecule has 5 heteroatoms. The van der Waals surface area contributed by atoms with Crippen molar-refractivity contribution in [3.05, 3.63) is 34.3 Å². The molecule has 1 heterocycles. The fourth-order valence-corrected chi connectivity index (χ4v) is 3.27. The number of carbonyl (C=O) groups is 1. The van der Waals surface area contributed by atoms with Gasteiger partial charge in [0.2, 0.25) is 0 Å². The minimum absolute atomic E-state index is 0.0175. The summed E-state index contributed by atoms with van der Waals surface area (Å²) in [5.41, 5.74) is 6.70. The maximum absolute atomic E-state index is 12.2. The first-order valence-corrected chi connectivity index (χ1v) is 6.90. The van der Waals surface area contributed by atoms with Crippen molar-refractivity contribution in [1.29, 1.82) is 0 Å². The zero-order valence-corrected chi connectivity index (χ0v) is 11.4. The van der Waals surface area contributed by atoms with Gasteiger partial charge in [0.05, 0.1) is 17.7 Å². The van der Waals surface area contributed by atoms with Gasteiger partial charge in [-0.1, -0.05) is 12.1 Å². The van der Waals surface area contributed by atoms with Crippen molar-refractivity contribution < 1.29 is 9.53 Å². The van der Waals surface area contributed by atoms with E-state index in [9.17, 15) is 4.79 Å². The minimum Gasteiger partial charge on any atom is -0.376 e. The Kier molecular flexibility index (Phi) is 3.13. The summed E-state index contributed by atoms with van der Waals surface area (Å²) in [6.07, 6.45) is 1.11. The predicted molar refractivity (Wildman–Crippen MR) is 71.2 cm³/mol. The van der Waals surface area contributed by atoms with E-state index in [-0.39, 0.29) is 24.1 Å². The van der Waals surface area contributed by atoms with Crippen LogP contribution in [0.3, 0.4) is 0 Å². The summed E-state index contributed by atoms with van der Waals surface area (Å²) >= 11 is 3.37. The van der Waals surface area contributed by atoms with Crippen LogP contribution in [0.5, 0.6) is 0 Å². The van der Waals surface area contributed by atoms with Gasteiger partial charge in [-0.05, 0) is 34.5 Å². The average Bonchev–Trinajstić information content (AvgIpc) is 2.81. The molecule has 2 fully saturated rings. The Labute approximate surface area is 114 Å². The molecule has 1 aliphatic heterocycles. The Hall–Kier alpha value is -0.910. The zero-order valence-electron chi connectivity index (χ0n) is 9.80. The van der Waals surface area contributed by atoms with Gasteiger partial charge in [-0.15, -0.1) is 0 Å². The first-order chi connectivity index (χ1) is 8.68. The van der Waals surface area contributed by atoms with Gasteiger partial charge in [0, 0.05) is 23.0 Å². The molecule has 18 heavy (non-hydrogen) atoms. The number of hydrogen-bond acceptors (Lipinski definition) is 3. The molecule has 0 radical (unpaired) electrons. The third-order valence-corrected chi connectivity index (χ3v) is 4.55. The molecule has 2 aliphatic rings. The van der Waals surface area contributed by atoms with E-state index < -0.39 is 0 Å². The van der Waals surface area contributed by atoms with Crippen LogP contribution in [0, 0.1) is 5.92 Å². The maximum Gasteiger partial charge on any atom is 0.252 e. The molecular weight excluding hydrogens is 296 g/mol. The smallest absolute Gasteiger partial charge is 0.252 e. The average molecular weight is 311 g/mol. The molecule has 4 atom stereocenters. The number of halogens is 1. The van der Waals surface area contributed by atoms with Crippen molar-refractivity contribution in [3.8, 4) is 0 Å². The molecule has 1 saturated heterocycles. The Morgan fingerprint density at radius 1 is 1.44 bits per heavy atom. The van der Waals surface area contributed by atoms with Gasteiger partial charge in [-0.3, -0.25) is 4.79 Å². The number of nitrogens with one attached hydrogen (secondary N) is 1. The van der Waals surface area contributed by atoms with Crippen LogP contribution in [0.15, 0.2) is 28.7 Å². The van der Waals surface area contributed by atoms with Gasteiger partial charge in [0.15, 0.2) is 0 Å². The molecule has 0 spiro atoms. The predicted octanol–water partition coefficient (Wildman–Crippen LogP) is 1.29. The van der Waals surface area contributed by atoms with E-state index in [4.69, 9.17) is 10.5 Å². The highest BCUT2D eigenvalue weighted by atomic mass is 79.9. The van der Waals surface area contributed by atoms with Crippen LogP contribution in [0.4, 0.5) is 0 Å². The Morgan fingerprint density at radius 2 is 2.22 bits per heavy atom. The maximum atomic E-state index is 12.2. The van der Waals surface area contributed by atoms with Crippen molar-refractivity contribution in [2.24, 2.45) is 11.7 Å². The quantitative estimate of drug-likeness (QED) is 0.865. The molecule has 96 valence electrons. The second kappa shape index (κ2) is 4.64. The molecule has 0 bridgehead atoms. The van der Waals surface area contributed by atoms with Crippen LogP contribution >= 0.6 is 15.9 Å². The summed E-state index contributed by atoms with van der Waals surface area (Å²) in [6.45, 7) is 0.754. The molecule has 1 saturated carbocycles.